The highest BCUT2D eigenvalue weighted by molar-refractivity contribution is 5.92. The van der Waals surface area contributed by atoms with Gasteiger partial charge < -0.3 is 15.0 Å². The number of hydrogen-bond donors (Lipinski definition) is 1. The number of anilines is 1. The molecule has 2 rings (SSSR count). The van der Waals surface area contributed by atoms with Crippen molar-refractivity contribution in [2.75, 3.05) is 18.4 Å². The van der Waals surface area contributed by atoms with Crippen LogP contribution in [0.5, 0.6) is 0 Å². The molecular formula is C20H28N2O3. The van der Waals surface area contributed by atoms with Crippen LogP contribution in [-0.2, 0) is 9.53 Å². The Kier molecular flexibility index (Phi) is 5.88. The smallest absolute Gasteiger partial charge is 0.410 e. The summed E-state index contributed by atoms with van der Waals surface area (Å²) in [4.78, 5) is 25.7. The van der Waals surface area contributed by atoms with Crippen LogP contribution in [0.3, 0.4) is 0 Å². The summed E-state index contributed by atoms with van der Waals surface area (Å²) in [5.74, 6) is -0.0502. The van der Waals surface area contributed by atoms with Crippen LogP contribution in [0.1, 0.15) is 46.6 Å². The minimum atomic E-state index is -0.482. The number of hydrogen-bond acceptors (Lipinski definition) is 3. The van der Waals surface area contributed by atoms with E-state index in [0.717, 1.165) is 17.7 Å². The first-order valence-electron chi connectivity index (χ1n) is 8.74. The van der Waals surface area contributed by atoms with E-state index in [0.29, 0.717) is 13.1 Å². The molecule has 0 saturated heterocycles. The van der Waals surface area contributed by atoms with E-state index in [9.17, 15) is 9.59 Å². The Labute approximate surface area is 150 Å². The molecule has 2 amide bonds. The van der Waals surface area contributed by atoms with Gasteiger partial charge in [-0.1, -0.05) is 32.1 Å². The van der Waals surface area contributed by atoms with Gasteiger partial charge in [0, 0.05) is 24.7 Å². The molecule has 0 saturated carbocycles. The zero-order chi connectivity index (χ0) is 18.6. The van der Waals surface area contributed by atoms with Crippen molar-refractivity contribution in [1.82, 2.24) is 4.90 Å². The van der Waals surface area contributed by atoms with E-state index >= 15 is 0 Å². The molecule has 0 aromatic heterocycles. The van der Waals surface area contributed by atoms with Crippen LogP contribution in [0.4, 0.5) is 10.5 Å². The second-order valence-corrected chi connectivity index (χ2v) is 7.63. The second kappa shape index (κ2) is 7.72. The number of rotatable bonds is 3. The molecule has 136 valence electrons. The zero-order valence-electron chi connectivity index (χ0n) is 15.8. The third-order valence-electron chi connectivity index (χ3n) is 3.89. The van der Waals surface area contributed by atoms with Crippen LogP contribution in [0.25, 0.3) is 5.57 Å². The lowest BCUT2D eigenvalue weighted by atomic mass is 9.99. The highest BCUT2D eigenvalue weighted by Crippen LogP contribution is 2.25. The fraction of sp³-hybridized carbons (Fsp3) is 0.500. The molecule has 1 aliphatic heterocycles. The predicted molar refractivity (Wildman–Crippen MR) is 100 cm³/mol. The SMILES string of the molecule is CC(C)C(=O)Nc1cccc(C2=CCN(C(=O)OC(C)(C)C)CC2)c1. The van der Waals surface area contributed by atoms with E-state index in [1.165, 1.54) is 5.57 Å². The number of nitrogens with one attached hydrogen (secondary N) is 1. The number of ether oxygens (including phenoxy) is 1. The average molecular weight is 344 g/mol. The number of amides is 2. The molecular weight excluding hydrogens is 316 g/mol. The first-order valence-corrected chi connectivity index (χ1v) is 8.74. The van der Waals surface area contributed by atoms with Gasteiger partial charge in [0.15, 0.2) is 0 Å². The maximum atomic E-state index is 12.1. The van der Waals surface area contributed by atoms with Gasteiger partial charge in [0.2, 0.25) is 5.91 Å². The average Bonchev–Trinajstić information content (AvgIpc) is 2.53. The fourth-order valence-electron chi connectivity index (χ4n) is 2.51. The summed E-state index contributed by atoms with van der Waals surface area (Å²) in [5.41, 5.74) is 2.57. The molecule has 1 N–H and O–H groups in total. The summed E-state index contributed by atoms with van der Waals surface area (Å²) < 4.78 is 5.41. The predicted octanol–water partition coefficient (Wildman–Crippen LogP) is 4.31. The zero-order valence-corrected chi connectivity index (χ0v) is 15.8. The second-order valence-electron chi connectivity index (χ2n) is 7.63. The lowest BCUT2D eigenvalue weighted by Gasteiger charge is -2.29. The van der Waals surface area contributed by atoms with Crippen molar-refractivity contribution in [3.05, 3.63) is 35.9 Å². The molecule has 0 fully saturated rings. The Morgan fingerprint density at radius 1 is 1.24 bits per heavy atom. The largest absolute Gasteiger partial charge is 0.444 e. The van der Waals surface area contributed by atoms with Gasteiger partial charge in [-0.3, -0.25) is 4.79 Å². The van der Waals surface area contributed by atoms with Gasteiger partial charge >= 0.3 is 6.09 Å². The van der Waals surface area contributed by atoms with E-state index in [2.05, 4.69) is 11.4 Å². The van der Waals surface area contributed by atoms with E-state index in [4.69, 9.17) is 4.74 Å². The van der Waals surface area contributed by atoms with Crippen LogP contribution in [-0.4, -0.2) is 35.6 Å². The quantitative estimate of drug-likeness (QED) is 0.889. The van der Waals surface area contributed by atoms with Crippen LogP contribution in [0.15, 0.2) is 30.3 Å². The third kappa shape index (κ3) is 5.62. The number of carbonyl (C=O) groups is 2. The summed E-state index contributed by atoms with van der Waals surface area (Å²) in [6.45, 7) is 10.5. The van der Waals surface area contributed by atoms with Gasteiger partial charge in [0.1, 0.15) is 5.60 Å². The highest BCUT2D eigenvalue weighted by Gasteiger charge is 2.23. The molecule has 1 heterocycles. The summed E-state index contributed by atoms with van der Waals surface area (Å²) in [7, 11) is 0. The van der Waals surface area contributed by atoms with Crippen LogP contribution in [0, 0.1) is 5.92 Å². The van der Waals surface area contributed by atoms with Gasteiger partial charge in [-0.05, 0) is 50.5 Å². The van der Waals surface area contributed by atoms with E-state index in [1.807, 2.05) is 58.9 Å². The number of carbonyl (C=O) groups excluding carboxylic acids is 2. The van der Waals surface area contributed by atoms with Crippen molar-refractivity contribution in [3.8, 4) is 0 Å². The Hall–Kier alpha value is -2.30. The van der Waals surface area contributed by atoms with Gasteiger partial charge in [-0.25, -0.2) is 4.79 Å². The molecule has 0 atom stereocenters. The molecule has 5 nitrogen and oxygen atoms in total. The minimum Gasteiger partial charge on any atom is -0.444 e. The van der Waals surface area contributed by atoms with Crippen molar-refractivity contribution >= 4 is 23.3 Å². The highest BCUT2D eigenvalue weighted by atomic mass is 16.6. The first kappa shape index (κ1) is 19.0. The van der Waals surface area contributed by atoms with Crippen LogP contribution in [0.2, 0.25) is 0 Å². The van der Waals surface area contributed by atoms with E-state index in [-0.39, 0.29) is 17.9 Å². The topological polar surface area (TPSA) is 58.6 Å². The van der Waals surface area contributed by atoms with Gasteiger partial charge in [-0.2, -0.15) is 0 Å². The van der Waals surface area contributed by atoms with Gasteiger partial charge in [0.25, 0.3) is 0 Å². The van der Waals surface area contributed by atoms with Crippen molar-refractivity contribution in [2.24, 2.45) is 5.92 Å². The lowest BCUT2D eigenvalue weighted by molar-refractivity contribution is -0.118. The molecule has 0 aliphatic carbocycles. The van der Waals surface area contributed by atoms with E-state index in [1.54, 1.807) is 4.90 Å². The van der Waals surface area contributed by atoms with Crippen LogP contribution >= 0.6 is 0 Å². The maximum absolute atomic E-state index is 12.1. The van der Waals surface area contributed by atoms with E-state index < -0.39 is 5.60 Å². The normalized spacial score (nSPS) is 15.0. The third-order valence-corrected chi connectivity index (χ3v) is 3.89. The van der Waals surface area contributed by atoms with Gasteiger partial charge in [0.05, 0.1) is 0 Å². The summed E-state index contributed by atoms with van der Waals surface area (Å²) >= 11 is 0. The molecule has 1 aliphatic rings. The molecule has 0 spiro atoms. The van der Waals surface area contributed by atoms with Crippen molar-refractivity contribution in [2.45, 2.75) is 46.6 Å². The number of benzene rings is 1. The van der Waals surface area contributed by atoms with Crippen molar-refractivity contribution in [1.29, 1.82) is 0 Å². The molecule has 0 bridgehead atoms. The lowest BCUT2D eigenvalue weighted by Crippen LogP contribution is -2.39. The standard InChI is InChI=1S/C20H28N2O3/c1-14(2)18(23)21-17-8-6-7-16(13-17)15-9-11-22(12-10-15)19(24)25-20(3,4)5/h6-9,13-14H,10-12H2,1-5H3,(H,21,23). The summed E-state index contributed by atoms with van der Waals surface area (Å²) in [6, 6.07) is 7.84. The summed E-state index contributed by atoms with van der Waals surface area (Å²) in [5, 5.41) is 2.92. The Morgan fingerprint density at radius 3 is 2.52 bits per heavy atom. The Bertz CT molecular complexity index is 672. The number of nitrogens with zero attached hydrogens (tertiary/aromatic N) is 1. The maximum Gasteiger partial charge on any atom is 0.410 e. The fourth-order valence-corrected chi connectivity index (χ4v) is 2.51. The van der Waals surface area contributed by atoms with Crippen molar-refractivity contribution < 1.29 is 14.3 Å². The van der Waals surface area contributed by atoms with Crippen molar-refractivity contribution in [3.63, 3.8) is 0 Å². The molecule has 0 radical (unpaired) electrons. The molecule has 1 aromatic carbocycles. The van der Waals surface area contributed by atoms with Crippen LogP contribution < -0.4 is 5.32 Å². The molecule has 5 heteroatoms. The summed E-state index contributed by atoms with van der Waals surface area (Å²) in [6.07, 6.45) is 2.54. The molecule has 0 unspecified atom stereocenters. The first-order chi connectivity index (χ1) is 11.7. The Balaban J connectivity index is 2.04. The molecule has 25 heavy (non-hydrogen) atoms. The monoisotopic (exact) mass is 344 g/mol. The Morgan fingerprint density at radius 2 is 1.96 bits per heavy atom. The minimum absolute atomic E-state index is 0.00544. The molecule has 1 aromatic rings. The van der Waals surface area contributed by atoms with Gasteiger partial charge in [-0.15, -0.1) is 0 Å².